The summed E-state index contributed by atoms with van der Waals surface area (Å²) in [6.07, 6.45) is 2.44. The van der Waals surface area contributed by atoms with Gasteiger partial charge in [-0.2, -0.15) is 5.26 Å². The van der Waals surface area contributed by atoms with Gasteiger partial charge in [0.2, 0.25) is 0 Å². The molecular formula is C18H14Cl2N6O3. The highest BCUT2D eigenvalue weighted by atomic mass is 35.5. The summed E-state index contributed by atoms with van der Waals surface area (Å²) in [6.45, 7) is 0. The Bertz CT molecular complexity index is 1060. The van der Waals surface area contributed by atoms with E-state index in [1.807, 2.05) is 6.07 Å². The third kappa shape index (κ3) is 5.44. The van der Waals surface area contributed by atoms with Crippen LogP contribution in [-0.2, 0) is 4.79 Å². The summed E-state index contributed by atoms with van der Waals surface area (Å²) in [7, 11) is 1.36. The lowest BCUT2D eigenvalue weighted by molar-refractivity contribution is -0.112. The summed E-state index contributed by atoms with van der Waals surface area (Å²) in [5, 5.41) is 33.8. The number of rotatable bonds is 6. The number of pyridine rings is 1. The number of phenols is 1. The van der Waals surface area contributed by atoms with Gasteiger partial charge in [-0.05, 0) is 24.3 Å². The van der Waals surface area contributed by atoms with E-state index < -0.39 is 22.7 Å². The molecule has 11 heteroatoms. The number of allylic oxidation sites excluding steroid dienone is 1. The van der Waals surface area contributed by atoms with Crippen LogP contribution in [0.3, 0.4) is 0 Å². The van der Waals surface area contributed by atoms with Gasteiger partial charge in [0.1, 0.15) is 22.4 Å². The summed E-state index contributed by atoms with van der Waals surface area (Å²) < 4.78 is 0. The fourth-order valence-corrected chi connectivity index (χ4v) is 2.49. The van der Waals surface area contributed by atoms with E-state index in [-0.39, 0.29) is 33.4 Å². The van der Waals surface area contributed by atoms with Crippen molar-refractivity contribution in [2.45, 2.75) is 0 Å². The number of nitrogens with zero attached hydrogens (tertiary/aromatic N) is 2. The minimum absolute atomic E-state index is 0.0239. The molecule has 0 aliphatic rings. The predicted octanol–water partition coefficient (Wildman–Crippen LogP) is 2.82. The highest BCUT2D eigenvalue weighted by molar-refractivity contribution is 6.67. The molecule has 5 N–H and O–H groups in total. The number of carbonyl (C=O) groups is 2. The van der Waals surface area contributed by atoms with E-state index in [4.69, 9.17) is 33.9 Å². The number of hydrogen-bond donors (Lipinski definition) is 5. The Hall–Kier alpha value is -3.61. The number of hydrogen-bond acceptors (Lipinski definition) is 7. The minimum Gasteiger partial charge on any atom is -0.506 e. The fraction of sp³-hybridized carbons (Fsp3) is 0.0556. The second-order valence-electron chi connectivity index (χ2n) is 5.43. The van der Waals surface area contributed by atoms with Gasteiger partial charge in [-0.1, -0.05) is 23.2 Å². The molecular weight excluding hydrogens is 419 g/mol. The largest absolute Gasteiger partial charge is 0.506 e. The van der Waals surface area contributed by atoms with Crippen LogP contribution in [0.5, 0.6) is 5.75 Å². The van der Waals surface area contributed by atoms with Gasteiger partial charge in [-0.25, -0.2) is 4.98 Å². The molecule has 0 spiro atoms. The first-order valence-electron chi connectivity index (χ1n) is 7.90. The van der Waals surface area contributed by atoms with Crippen molar-refractivity contribution in [2.24, 2.45) is 0 Å². The zero-order chi connectivity index (χ0) is 21.6. The van der Waals surface area contributed by atoms with Gasteiger partial charge in [-0.3, -0.25) is 15.0 Å². The van der Waals surface area contributed by atoms with Gasteiger partial charge >= 0.3 is 0 Å². The number of nitrogens with one attached hydrogen (secondary N) is 4. The molecule has 0 aliphatic carbocycles. The van der Waals surface area contributed by atoms with E-state index >= 15 is 0 Å². The average Bonchev–Trinajstić information content (AvgIpc) is 2.69. The summed E-state index contributed by atoms with van der Waals surface area (Å²) in [6, 6.07) is 7.24. The van der Waals surface area contributed by atoms with Crippen molar-refractivity contribution in [2.75, 3.05) is 17.7 Å². The lowest BCUT2D eigenvalue weighted by atomic mass is 10.1. The number of benzene rings is 1. The number of aromatic hydroxyl groups is 1. The fourth-order valence-electron chi connectivity index (χ4n) is 2.21. The van der Waals surface area contributed by atoms with Crippen molar-refractivity contribution in [3.05, 3.63) is 58.4 Å². The molecule has 0 bridgehead atoms. The van der Waals surface area contributed by atoms with Crippen LogP contribution in [0.25, 0.3) is 0 Å². The van der Waals surface area contributed by atoms with Gasteiger partial charge in [0.05, 0.1) is 27.9 Å². The summed E-state index contributed by atoms with van der Waals surface area (Å²) in [5.74, 6) is -1.84. The summed E-state index contributed by atoms with van der Waals surface area (Å²) in [5.41, 5.74) is -0.559. The number of carbonyl (C=O) groups excluding carboxylic acids is 2. The average molecular weight is 433 g/mol. The third-order valence-electron chi connectivity index (χ3n) is 3.48. The number of nitriles is 1. The van der Waals surface area contributed by atoms with Gasteiger partial charge in [0.25, 0.3) is 11.8 Å². The number of amides is 2. The van der Waals surface area contributed by atoms with Crippen LogP contribution < -0.4 is 16.0 Å². The SMILES string of the molecule is CNC(=O)c1cc(C#N)cc(O)c1NC(=O)/C(=C/C(=N)Cl)Nc1ncccc1Cl. The van der Waals surface area contributed by atoms with Crippen LogP contribution in [0, 0.1) is 16.7 Å². The molecule has 0 aliphatic heterocycles. The van der Waals surface area contributed by atoms with Gasteiger partial charge in [0.15, 0.2) is 0 Å². The van der Waals surface area contributed by atoms with Gasteiger partial charge in [-0.15, -0.1) is 0 Å². The number of phenolic OH excluding ortho intramolecular Hbond substituents is 1. The molecule has 0 atom stereocenters. The standard InChI is InChI=1S/C18H14Cl2N6O3/c1-23-17(28)10-5-9(8-21)6-13(27)15(10)26-18(29)12(7-14(20)22)25-16-11(19)3-2-4-24-16/h2-7,22,27H,1H3,(H,23,28)(H,24,25)(H,26,29)/b12-7-,22-14?. The molecule has 29 heavy (non-hydrogen) atoms. The molecule has 0 fully saturated rings. The van der Waals surface area contributed by atoms with E-state index in [9.17, 15) is 14.7 Å². The second kappa shape index (κ2) is 9.54. The predicted molar refractivity (Wildman–Crippen MR) is 109 cm³/mol. The van der Waals surface area contributed by atoms with Crippen LogP contribution in [0.15, 0.2) is 42.2 Å². The lowest BCUT2D eigenvalue weighted by Crippen LogP contribution is -2.25. The number of anilines is 2. The first kappa shape index (κ1) is 21.7. The molecule has 9 nitrogen and oxygen atoms in total. The first-order valence-corrected chi connectivity index (χ1v) is 8.66. The summed E-state index contributed by atoms with van der Waals surface area (Å²) >= 11 is 11.6. The molecule has 0 saturated heterocycles. The quantitative estimate of drug-likeness (QED) is 0.269. The molecule has 1 aromatic heterocycles. The lowest BCUT2D eigenvalue weighted by Gasteiger charge is -2.15. The molecule has 0 saturated carbocycles. The first-order chi connectivity index (χ1) is 13.8. The molecule has 148 valence electrons. The Morgan fingerprint density at radius 1 is 1.34 bits per heavy atom. The van der Waals surface area contributed by atoms with Crippen LogP contribution in [-0.4, -0.2) is 34.1 Å². The van der Waals surface area contributed by atoms with Crippen molar-refractivity contribution < 1.29 is 14.7 Å². The van der Waals surface area contributed by atoms with Crippen LogP contribution in [0.4, 0.5) is 11.5 Å². The van der Waals surface area contributed by atoms with Crippen molar-refractivity contribution in [1.29, 1.82) is 10.7 Å². The topological polar surface area (TPSA) is 151 Å². The van der Waals surface area contributed by atoms with E-state index in [1.165, 1.54) is 25.4 Å². The van der Waals surface area contributed by atoms with Gasteiger partial charge in [0, 0.05) is 19.3 Å². The third-order valence-corrected chi connectivity index (χ3v) is 3.90. The molecule has 2 amide bonds. The Kier molecular flexibility index (Phi) is 7.14. The van der Waals surface area contributed by atoms with Crippen molar-refractivity contribution >= 4 is 51.7 Å². The molecule has 2 aromatic rings. The maximum absolute atomic E-state index is 12.8. The van der Waals surface area contributed by atoms with Crippen molar-refractivity contribution in [1.82, 2.24) is 10.3 Å². The van der Waals surface area contributed by atoms with Crippen LogP contribution in [0.2, 0.25) is 5.02 Å². The monoisotopic (exact) mass is 432 g/mol. The Morgan fingerprint density at radius 3 is 2.66 bits per heavy atom. The Balaban J connectivity index is 2.44. The smallest absolute Gasteiger partial charge is 0.272 e. The number of halogens is 2. The maximum Gasteiger partial charge on any atom is 0.272 e. The molecule has 0 unspecified atom stereocenters. The van der Waals surface area contributed by atoms with Crippen molar-refractivity contribution in [3.63, 3.8) is 0 Å². The Morgan fingerprint density at radius 2 is 2.07 bits per heavy atom. The summed E-state index contributed by atoms with van der Waals surface area (Å²) in [4.78, 5) is 28.9. The highest BCUT2D eigenvalue weighted by Crippen LogP contribution is 2.30. The molecule has 0 radical (unpaired) electrons. The van der Waals surface area contributed by atoms with Crippen LogP contribution >= 0.6 is 23.2 Å². The highest BCUT2D eigenvalue weighted by Gasteiger charge is 2.21. The van der Waals surface area contributed by atoms with Crippen molar-refractivity contribution in [3.8, 4) is 11.8 Å². The normalized spacial score (nSPS) is 10.6. The minimum atomic E-state index is -0.845. The van der Waals surface area contributed by atoms with E-state index in [0.717, 1.165) is 12.1 Å². The Labute approximate surface area is 175 Å². The van der Waals surface area contributed by atoms with E-state index in [2.05, 4.69) is 20.9 Å². The van der Waals surface area contributed by atoms with E-state index in [0.29, 0.717) is 0 Å². The maximum atomic E-state index is 12.8. The zero-order valence-corrected chi connectivity index (χ0v) is 16.4. The molecule has 1 aromatic carbocycles. The molecule has 2 rings (SSSR count). The molecule has 1 heterocycles. The zero-order valence-electron chi connectivity index (χ0n) is 14.9. The van der Waals surface area contributed by atoms with E-state index in [1.54, 1.807) is 6.07 Å². The number of aromatic nitrogens is 1. The second-order valence-corrected chi connectivity index (χ2v) is 6.24. The van der Waals surface area contributed by atoms with Gasteiger partial charge < -0.3 is 21.1 Å². The van der Waals surface area contributed by atoms with Crippen LogP contribution in [0.1, 0.15) is 15.9 Å².